The van der Waals surface area contributed by atoms with E-state index in [0.717, 1.165) is 22.7 Å². The molecule has 0 aliphatic rings. The third-order valence-corrected chi connectivity index (χ3v) is 3.26. The number of nitrogens with zero attached hydrogens (tertiary/aromatic N) is 1. The van der Waals surface area contributed by atoms with Crippen molar-refractivity contribution in [3.63, 3.8) is 0 Å². The number of ether oxygens (including phenoxy) is 1. The number of methoxy groups -OCH3 is 1. The van der Waals surface area contributed by atoms with Gasteiger partial charge in [0.2, 0.25) is 0 Å². The van der Waals surface area contributed by atoms with E-state index in [1.54, 1.807) is 7.11 Å². The van der Waals surface area contributed by atoms with E-state index in [-0.39, 0.29) is 0 Å². The van der Waals surface area contributed by atoms with Gasteiger partial charge in [0.15, 0.2) is 0 Å². The lowest BCUT2D eigenvalue weighted by Gasteiger charge is -2.07. The van der Waals surface area contributed by atoms with Gasteiger partial charge in [-0.3, -0.25) is 0 Å². The number of benzene rings is 2. The van der Waals surface area contributed by atoms with Crippen LogP contribution in [0.1, 0.15) is 5.56 Å². The third kappa shape index (κ3) is 2.37. The van der Waals surface area contributed by atoms with Crippen molar-refractivity contribution in [2.24, 2.45) is 0 Å². The summed E-state index contributed by atoms with van der Waals surface area (Å²) in [6.45, 7) is 0.408. The van der Waals surface area contributed by atoms with Crippen LogP contribution in [0.15, 0.2) is 48.7 Å². The summed E-state index contributed by atoms with van der Waals surface area (Å²) >= 11 is 0. The second-order valence-electron chi connectivity index (χ2n) is 4.65. The number of hydrogen-bond donors (Lipinski definition) is 0. The van der Waals surface area contributed by atoms with E-state index in [1.165, 1.54) is 12.1 Å². The lowest BCUT2D eigenvalue weighted by atomic mass is 10.2. The minimum Gasteiger partial charge on any atom is -0.497 e. The molecule has 1 aromatic heterocycles. The number of halogens is 2. The first-order chi connectivity index (χ1) is 9.65. The van der Waals surface area contributed by atoms with Crippen molar-refractivity contribution >= 4 is 10.9 Å². The molecule has 2 aromatic carbocycles. The molecule has 1 heterocycles. The molecule has 0 saturated heterocycles. The van der Waals surface area contributed by atoms with Crippen LogP contribution in [0.4, 0.5) is 8.78 Å². The Kier molecular flexibility index (Phi) is 3.14. The molecule has 0 fully saturated rings. The van der Waals surface area contributed by atoms with Crippen LogP contribution in [0.5, 0.6) is 5.75 Å². The molecule has 0 aliphatic heterocycles. The summed E-state index contributed by atoms with van der Waals surface area (Å²) in [7, 11) is 1.61. The van der Waals surface area contributed by atoms with Gasteiger partial charge in [-0.05, 0) is 41.3 Å². The Hall–Kier alpha value is -2.36. The normalized spacial score (nSPS) is 10.9. The van der Waals surface area contributed by atoms with Crippen LogP contribution in [-0.4, -0.2) is 11.7 Å². The third-order valence-electron chi connectivity index (χ3n) is 3.26. The summed E-state index contributed by atoms with van der Waals surface area (Å²) in [5.74, 6) is -0.369. The summed E-state index contributed by atoms with van der Waals surface area (Å²) < 4.78 is 33.6. The van der Waals surface area contributed by atoms with E-state index in [2.05, 4.69) is 0 Å². The van der Waals surface area contributed by atoms with Crippen molar-refractivity contribution in [2.75, 3.05) is 7.11 Å². The van der Waals surface area contributed by atoms with Crippen LogP contribution in [-0.2, 0) is 6.54 Å². The van der Waals surface area contributed by atoms with E-state index in [0.29, 0.717) is 12.1 Å². The molecule has 0 saturated carbocycles. The van der Waals surface area contributed by atoms with Gasteiger partial charge in [-0.2, -0.15) is 0 Å². The quantitative estimate of drug-likeness (QED) is 0.704. The van der Waals surface area contributed by atoms with Crippen molar-refractivity contribution in [2.45, 2.75) is 6.54 Å². The maximum absolute atomic E-state index is 13.2. The van der Waals surface area contributed by atoms with E-state index >= 15 is 0 Å². The van der Waals surface area contributed by atoms with Gasteiger partial charge in [-0.15, -0.1) is 0 Å². The van der Waals surface area contributed by atoms with Crippen molar-refractivity contribution in [3.8, 4) is 5.75 Å². The topological polar surface area (TPSA) is 14.2 Å². The molecular formula is C16H13F2NO. The first-order valence-corrected chi connectivity index (χ1v) is 6.23. The Labute approximate surface area is 115 Å². The average Bonchev–Trinajstić information content (AvgIpc) is 2.80. The summed E-state index contributed by atoms with van der Waals surface area (Å²) in [4.78, 5) is 0. The Morgan fingerprint density at radius 1 is 1.00 bits per heavy atom. The minimum absolute atomic E-state index is 0.408. The zero-order valence-corrected chi connectivity index (χ0v) is 10.9. The molecule has 0 amide bonds. The van der Waals surface area contributed by atoms with Crippen LogP contribution in [0.3, 0.4) is 0 Å². The standard InChI is InChI=1S/C16H13F2NO/c1-20-15-3-2-12-4-5-19(16(12)9-15)10-11-6-13(17)8-14(18)7-11/h2-9H,10H2,1H3. The molecule has 0 unspecified atom stereocenters. The summed E-state index contributed by atoms with van der Waals surface area (Å²) in [6, 6.07) is 11.3. The predicted molar refractivity (Wildman–Crippen MR) is 74.0 cm³/mol. The van der Waals surface area contributed by atoms with Gasteiger partial charge in [-0.1, -0.05) is 0 Å². The van der Waals surface area contributed by atoms with Gasteiger partial charge in [0.05, 0.1) is 12.6 Å². The number of aromatic nitrogens is 1. The molecule has 0 radical (unpaired) electrons. The number of rotatable bonds is 3. The van der Waals surface area contributed by atoms with Crippen LogP contribution < -0.4 is 4.74 Å². The van der Waals surface area contributed by atoms with Gasteiger partial charge in [0.25, 0.3) is 0 Å². The highest BCUT2D eigenvalue weighted by Crippen LogP contribution is 2.23. The first kappa shape index (κ1) is 12.7. The Bertz CT molecular complexity index is 744. The van der Waals surface area contributed by atoms with Crippen molar-refractivity contribution in [1.82, 2.24) is 4.57 Å². The largest absolute Gasteiger partial charge is 0.497 e. The molecule has 0 bridgehead atoms. The molecule has 3 aromatic rings. The van der Waals surface area contributed by atoms with Crippen molar-refractivity contribution < 1.29 is 13.5 Å². The van der Waals surface area contributed by atoms with E-state index in [4.69, 9.17) is 4.74 Å². The molecule has 0 atom stereocenters. The molecular weight excluding hydrogens is 260 g/mol. The van der Waals surface area contributed by atoms with Gasteiger partial charge in [0.1, 0.15) is 17.4 Å². The fraction of sp³-hybridized carbons (Fsp3) is 0.125. The van der Waals surface area contributed by atoms with Crippen LogP contribution in [0.2, 0.25) is 0 Å². The van der Waals surface area contributed by atoms with Gasteiger partial charge < -0.3 is 9.30 Å². The van der Waals surface area contributed by atoms with Crippen LogP contribution in [0.25, 0.3) is 10.9 Å². The SMILES string of the molecule is COc1ccc2ccn(Cc3cc(F)cc(F)c3)c2c1. The molecule has 0 N–H and O–H groups in total. The molecule has 3 rings (SSSR count). The van der Waals surface area contributed by atoms with E-state index in [9.17, 15) is 8.78 Å². The van der Waals surface area contributed by atoms with Gasteiger partial charge >= 0.3 is 0 Å². The molecule has 2 nitrogen and oxygen atoms in total. The highest BCUT2D eigenvalue weighted by molar-refractivity contribution is 5.81. The molecule has 4 heteroatoms. The number of hydrogen-bond acceptors (Lipinski definition) is 1. The molecule has 102 valence electrons. The molecule has 0 spiro atoms. The van der Waals surface area contributed by atoms with Gasteiger partial charge in [-0.25, -0.2) is 8.78 Å². The minimum atomic E-state index is -0.561. The smallest absolute Gasteiger partial charge is 0.126 e. The maximum atomic E-state index is 13.2. The zero-order chi connectivity index (χ0) is 14.1. The second kappa shape index (κ2) is 4.96. The summed E-state index contributed by atoms with van der Waals surface area (Å²) in [5.41, 5.74) is 1.55. The second-order valence-corrected chi connectivity index (χ2v) is 4.65. The Morgan fingerprint density at radius 3 is 2.45 bits per heavy atom. The van der Waals surface area contributed by atoms with Crippen molar-refractivity contribution in [1.29, 1.82) is 0 Å². The van der Waals surface area contributed by atoms with Crippen molar-refractivity contribution in [3.05, 3.63) is 65.9 Å². The average molecular weight is 273 g/mol. The highest BCUT2D eigenvalue weighted by atomic mass is 19.1. The highest BCUT2D eigenvalue weighted by Gasteiger charge is 2.06. The number of fused-ring (bicyclic) bond motifs is 1. The molecule has 20 heavy (non-hydrogen) atoms. The monoisotopic (exact) mass is 273 g/mol. The fourth-order valence-corrected chi connectivity index (χ4v) is 2.33. The fourth-order valence-electron chi connectivity index (χ4n) is 2.33. The lowest BCUT2D eigenvalue weighted by molar-refractivity contribution is 0.415. The first-order valence-electron chi connectivity index (χ1n) is 6.23. The Balaban J connectivity index is 2.01. The van der Waals surface area contributed by atoms with Crippen LogP contribution >= 0.6 is 0 Å². The van der Waals surface area contributed by atoms with E-state index < -0.39 is 11.6 Å². The van der Waals surface area contributed by atoms with Gasteiger partial charge in [0, 0.05) is 24.9 Å². The predicted octanol–water partition coefficient (Wildman–Crippen LogP) is 3.98. The summed E-state index contributed by atoms with van der Waals surface area (Å²) in [6.07, 6.45) is 1.90. The maximum Gasteiger partial charge on any atom is 0.126 e. The van der Waals surface area contributed by atoms with Crippen LogP contribution in [0, 0.1) is 11.6 Å². The zero-order valence-electron chi connectivity index (χ0n) is 10.9. The Morgan fingerprint density at radius 2 is 1.75 bits per heavy atom. The lowest BCUT2D eigenvalue weighted by Crippen LogP contribution is -1.99. The summed E-state index contributed by atoms with van der Waals surface area (Å²) in [5, 5.41) is 1.06. The van der Waals surface area contributed by atoms with E-state index in [1.807, 2.05) is 35.0 Å². The molecule has 0 aliphatic carbocycles.